The van der Waals surface area contributed by atoms with Gasteiger partial charge in [0.25, 0.3) is 5.56 Å². The predicted molar refractivity (Wildman–Crippen MR) is 119 cm³/mol. The fourth-order valence-corrected chi connectivity index (χ4v) is 4.44. The molecule has 0 bridgehead atoms. The van der Waals surface area contributed by atoms with Crippen LogP contribution in [0.2, 0.25) is 0 Å². The molecule has 0 saturated heterocycles. The minimum absolute atomic E-state index is 0.0698. The first-order chi connectivity index (χ1) is 15.1. The molecule has 0 unspecified atom stereocenters. The molecule has 1 aromatic carbocycles. The Balaban J connectivity index is 1.57. The van der Waals surface area contributed by atoms with Crippen molar-refractivity contribution >= 4 is 39.8 Å². The van der Waals surface area contributed by atoms with Gasteiger partial charge >= 0.3 is 0 Å². The maximum atomic E-state index is 12.4. The van der Waals surface area contributed by atoms with Crippen molar-refractivity contribution in [3.05, 3.63) is 45.7 Å². The number of benzene rings is 1. The van der Waals surface area contributed by atoms with Gasteiger partial charge in [-0.2, -0.15) is 0 Å². The van der Waals surface area contributed by atoms with Crippen molar-refractivity contribution in [3.63, 3.8) is 0 Å². The van der Waals surface area contributed by atoms with Gasteiger partial charge in [-0.05, 0) is 18.6 Å². The van der Waals surface area contributed by atoms with Gasteiger partial charge in [0.15, 0.2) is 16.6 Å². The molecule has 1 amide bonds. The molecule has 0 aliphatic carbocycles. The van der Waals surface area contributed by atoms with Gasteiger partial charge in [-0.15, -0.1) is 10.2 Å². The molecular weight excluding hydrogens is 438 g/mol. The molecule has 4 rings (SSSR count). The molecule has 0 saturated carbocycles. The number of aryl methyl sites for hydroxylation is 1. The monoisotopic (exact) mass is 457 g/mol. The number of nitrogens with one attached hydrogen (secondary N) is 2. The number of anilines is 1. The molecule has 10 nitrogen and oxygen atoms in total. The third-order valence-corrected chi connectivity index (χ3v) is 6.02. The van der Waals surface area contributed by atoms with Crippen molar-refractivity contribution in [1.29, 1.82) is 0 Å². The van der Waals surface area contributed by atoms with E-state index in [1.807, 2.05) is 18.2 Å². The number of nitrogens with zero attached hydrogens (tertiary/aromatic N) is 5. The number of carbonyl (C=O) groups is 1. The zero-order chi connectivity index (χ0) is 21.8. The average molecular weight is 458 g/mol. The van der Waals surface area contributed by atoms with Crippen LogP contribution in [0.4, 0.5) is 5.13 Å². The topological polar surface area (TPSA) is 127 Å². The molecule has 0 aliphatic heterocycles. The van der Waals surface area contributed by atoms with Crippen molar-refractivity contribution in [3.8, 4) is 17.1 Å². The van der Waals surface area contributed by atoms with E-state index >= 15 is 0 Å². The Bertz CT molecular complexity index is 1280. The Morgan fingerprint density at radius 1 is 1.29 bits per heavy atom. The van der Waals surface area contributed by atoms with Gasteiger partial charge in [-0.1, -0.05) is 42.2 Å². The summed E-state index contributed by atoms with van der Waals surface area (Å²) < 4.78 is 6.86. The highest BCUT2D eigenvalue weighted by Gasteiger charge is 2.16. The predicted octanol–water partition coefficient (Wildman–Crippen LogP) is 2.63. The minimum Gasteiger partial charge on any atom is -0.496 e. The van der Waals surface area contributed by atoms with Crippen LogP contribution >= 0.6 is 23.1 Å². The SMILES string of the molecule is CCCc1nnc(NC(=O)CSc2nc(-c3ccccc3OC)nc3cc(=O)[nH]n23)s1. The highest BCUT2D eigenvalue weighted by Crippen LogP contribution is 2.29. The molecule has 160 valence electrons. The van der Waals surface area contributed by atoms with E-state index in [9.17, 15) is 9.59 Å². The molecule has 0 atom stereocenters. The Hall–Kier alpha value is -3.25. The number of rotatable bonds is 8. The average Bonchev–Trinajstić information content (AvgIpc) is 3.37. The van der Waals surface area contributed by atoms with Gasteiger partial charge in [0, 0.05) is 12.5 Å². The van der Waals surface area contributed by atoms with E-state index in [0.717, 1.165) is 17.8 Å². The zero-order valence-corrected chi connectivity index (χ0v) is 18.4. The van der Waals surface area contributed by atoms with Crippen LogP contribution in [-0.2, 0) is 11.2 Å². The fourth-order valence-electron chi connectivity index (χ4n) is 2.83. The van der Waals surface area contributed by atoms with Crippen molar-refractivity contribution < 1.29 is 9.53 Å². The number of ether oxygens (including phenoxy) is 1. The molecule has 3 heterocycles. The number of aromatic amines is 1. The number of hydrogen-bond donors (Lipinski definition) is 2. The number of H-pyrrole nitrogens is 1. The van der Waals surface area contributed by atoms with E-state index in [0.29, 0.717) is 33.1 Å². The largest absolute Gasteiger partial charge is 0.496 e. The van der Waals surface area contributed by atoms with Crippen LogP contribution < -0.4 is 15.6 Å². The Morgan fingerprint density at radius 2 is 2.13 bits per heavy atom. The van der Waals surface area contributed by atoms with Crippen molar-refractivity contribution in [2.45, 2.75) is 24.9 Å². The third-order valence-electron chi connectivity index (χ3n) is 4.18. The Kier molecular flexibility index (Phi) is 6.28. The summed E-state index contributed by atoms with van der Waals surface area (Å²) in [6, 6.07) is 8.72. The molecule has 0 spiro atoms. The van der Waals surface area contributed by atoms with E-state index in [1.54, 1.807) is 13.2 Å². The standard InChI is InChI=1S/C19H19N7O3S2/c1-3-6-16-23-24-18(31-16)21-15(28)10-30-19-22-17(11-7-4-5-8-12(11)29-2)20-13-9-14(27)25-26(13)19/h4-5,7-9H,3,6,10H2,1-2H3,(H,25,27)(H,21,24,28). The van der Waals surface area contributed by atoms with E-state index in [-0.39, 0.29) is 17.2 Å². The Morgan fingerprint density at radius 3 is 2.94 bits per heavy atom. The highest BCUT2D eigenvalue weighted by atomic mass is 32.2. The van der Waals surface area contributed by atoms with Crippen LogP contribution in [-0.4, -0.2) is 48.5 Å². The maximum absolute atomic E-state index is 12.4. The van der Waals surface area contributed by atoms with Crippen LogP contribution in [0.15, 0.2) is 40.3 Å². The number of fused-ring (bicyclic) bond motifs is 1. The molecule has 2 N–H and O–H groups in total. The lowest BCUT2D eigenvalue weighted by Crippen LogP contribution is -2.15. The van der Waals surface area contributed by atoms with Gasteiger partial charge in [0.1, 0.15) is 10.8 Å². The lowest BCUT2D eigenvalue weighted by Gasteiger charge is -2.10. The molecule has 0 aliphatic rings. The summed E-state index contributed by atoms with van der Waals surface area (Å²) in [5.74, 6) is 0.829. The number of para-hydroxylation sites is 1. The first-order valence-electron chi connectivity index (χ1n) is 9.45. The van der Waals surface area contributed by atoms with E-state index < -0.39 is 0 Å². The number of hydrogen-bond acceptors (Lipinski definition) is 9. The van der Waals surface area contributed by atoms with Crippen LogP contribution in [0.5, 0.6) is 5.75 Å². The second-order valence-corrected chi connectivity index (χ2v) is 8.44. The molecule has 0 fully saturated rings. The normalized spacial score (nSPS) is 11.0. The van der Waals surface area contributed by atoms with Crippen LogP contribution in [0.3, 0.4) is 0 Å². The van der Waals surface area contributed by atoms with Crippen LogP contribution in [0, 0.1) is 0 Å². The zero-order valence-electron chi connectivity index (χ0n) is 16.8. The van der Waals surface area contributed by atoms with Crippen molar-refractivity contribution in [2.75, 3.05) is 18.2 Å². The first-order valence-corrected chi connectivity index (χ1v) is 11.3. The van der Waals surface area contributed by atoms with Crippen molar-refractivity contribution in [1.82, 2.24) is 29.8 Å². The fraction of sp³-hybridized carbons (Fsp3) is 0.263. The van der Waals surface area contributed by atoms with Gasteiger partial charge in [0.05, 0.1) is 18.4 Å². The molecular formula is C19H19N7O3S2. The summed E-state index contributed by atoms with van der Waals surface area (Å²) in [6.45, 7) is 2.06. The van der Waals surface area contributed by atoms with Gasteiger partial charge < -0.3 is 4.74 Å². The van der Waals surface area contributed by atoms with Gasteiger partial charge in [-0.25, -0.2) is 14.5 Å². The molecule has 31 heavy (non-hydrogen) atoms. The summed E-state index contributed by atoms with van der Waals surface area (Å²) in [7, 11) is 1.57. The number of thioether (sulfide) groups is 1. The van der Waals surface area contributed by atoms with Crippen LogP contribution in [0.25, 0.3) is 17.0 Å². The van der Waals surface area contributed by atoms with E-state index in [2.05, 4.69) is 37.5 Å². The number of methoxy groups -OCH3 is 1. The summed E-state index contributed by atoms with van der Waals surface area (Å²) in [6.07, 6.45) is 1.79. The molecule has 3 aromatic heterocycles. The first kappa shape index (κ1) is 21.0. The van der Waals surface area contributed by atoms with Crippen molar-refractivity contribution in [2.24, 2.45) is 0 Å². The van der Waals surface area contributed by atoms with Gasteiger partial charge in [-0.3, -0.25) is 20.0 Å². The summed E-state index contributed by atoms with van der Waals surface area (Å²) in [5, 5.41) is 15.2. The van der Waals surface area contributed by atoms with E-state index in [1.165, 1.54) is 33.7 Å². The summed E-state index contributed by atoms with van der Waals surface area (Å²) >= 11 is 2.54. The van der Waals surface area contributed by atoms with Crippen LogP contribution in [0.1, 0.15) is 18.4 Å². The third kappa shape index (κ3) is 4.75. The number of amides is 1. The summed E-state index contributed by atoms with van der Waals surface area (Å²) in [4.78, 5) is 33.3. The molecule has 4 aromatic rings. The quantitative estimate of drug-likeness (QED) is 0.387. The summed E-state index contributed by atoms with van der Waals surface area (Å²) in [5.41, 5.74) is 0.775. The van der Waals surface area contributed by atoms with Gasteiger partial charge in [0.2, 0.25) is 11.0 Å². The lowest BCUT2D eigenvalue weighted by molar-refractivity contribution is -0.113. The second-order valence-electron chi connectivity index (χ2n) is 6.43. The smallest absolute Gasteiger partial charge is 0.266 e. The van der Waals surface area contributed by atoms with E-state index in [4.69, 9.17) is 4.74 Å². The molecule has 12 heteroatoms. The molecule has 0 radical (unpaired) electrons. The maximum Gasteiger partial charge on any atom is 0.266 e. The minimum atomic E-state index is -0.310. The Labute approximate surface area is 185 Å². The highest BCUT2D eigenvalue weighted by molar-refractivity contribution is 7.99. The number of aromatic nitrogens is 6. The second kappa shape index (κ2) is 9.27. The lowest BCUT2D eigenvalue weighted by atomic mass is 10.2. The number of carbonyl (C=O) groups excluding carboxylic acids is 1.